The van der Waals surface area contributed by atoms with E-state index in [2.05, 4.69) is 29.6 Å². The van der Waals surface area contributed by atoms with Crippen LogP contribution in [0, 0.1) is 6.92 Å². The van der Waals surface area contributed by atoms with E-state index < -0.39 is 15.9 Å². The van der Waals surface area contributed by atoms with Crippen LogP contribution in [0.5, 0.6) is 0 Å². The first-order valence-electron chi connectivity index (χ1n) is 14.3. The Balaban J connectivity index is 1.19. The average Bonchev–Trinajstić information content (AvgIpc) is 3.32. The van der Waals surface area contributed by atoms with E-state index in [9.17, 15) is 18.0 Å². The zero-order valence-corrected chi connectivity index (χ0v) is 24.5. The van der Waals surface area contributed by atoms with Crippen molar-refractivity contribution in [1.29, 1.82) is 0 Å². The molecule has 0 heterocycles. The number of rotatable bonds is 12. The summed E-state index contributed by atoms with van der Waals surface area (Å²) < 4.78 is 31.1. The van der Waals surface area contributed by atoms with Crippen molar-refractivity contribution in [2.45, 2.75) is 49.5 Å². The quantitative estimate of drug-likeness (QED) is 0.202. The van der Waals surface area contributed by atoms with Crippen molar-refractivity contribution in [3.63, 3.8) is 0 Å². The van der Waals surface area contributed by atoms with Crippen LogP contribution in [0.1, 0.15) is 47.4 Å². The lowest BCUT2D eigenvalue weighted by molar-refractivity contribution is -0.118. The van der Waals surface area contributed by atoms with E-state index in [1.54, 1.807) is 24.3 Å². The third-order valence-electron chi connectivity index (χ3n) is 7.79. The summed E-state index contributed by atoms with van der Waals surface area (Å²) in [6.07, 6.45) is 0.457. The molecule has 42 heavy (non-hydrogen) atoms. The van der Waals surface area contributed by atoms with E-state index in [1.807, 2.05) is 61.5 Å². The first-order valence-corrected chi connectivity index (χ1v) is 15.9. The minimum Gasteiger partial charge on any atom is -0.449 e. The number of hydrogen-bond acceptors (Lipinski definition) is 5. The number of carbonyl (C=O) groups is 2. The zero-order chi connectivity index (χ0) is 29.5. The van der Waals surface area contributed by atoms with Crippen molar-refractivity contribution in [3.05, 3.63) is 125 Å². The minimum absolute atomic E-state index is 0.0484. The number of benzene rings is 4. The molecule has 7 heteroatoms. The van der Waals surface area contributed by atoms with E-state index in [0.29, 0.717) is 12.8 Å². The number of hydrogen-bond donors (Lipinski definition) is 1. The number of fused-ring (bicyclic) bond motifs is 3. The van der Waals surface area contributed by atoms with Gasteiger partial charge in [-0.05, 0) is 59.7 Å². The normalized spacial score (nSPS) is 13.2. The molecular formula is C35H35NO5S. The Morgan fingerprint density at radius 2 is 1.38 bits per heavy atom. The fourth-order valence-electron chi connectivity index (χ4n) is 5.50. The molecule has 216 valence electrons. The van der Waals surface area contributed by atoms with Gasteiger partial charge in [0.05, 0.1) is 10.6 Å². The van der Waals surface area contributed by atoms with E-state index in [-0.39, 0.29) is 47.8 Å². The van der Waals surface area contributed by atoms with Crippen LogP contribution < -0.4 is 5.32 Å². The number of carbonyl (C=O) groups excluding carboxylic acids is 2. The molecule has 0 bridgehead atoms. The molecule has 4 aromatic rings. The molecule has 6 nitrogen and oxygen atoms in total. The maximum absolute atomic E-state index is 13.0. The third kappa shape index (κ3) is 7.15. The van der Waals surface area contributed by atoms with Gasteiger partial charge in [0.15, 0.2) is 9.84 Å². The van der Waals surface area contributed by atoms with Gasteiger partial charge in [-0.25, -0.2) is 13.2 Å². The number of aryl methyl sites for hydroxylation is 1. The summed E-state index contributed by atoms with van der Waals surface area (Å²) in [6.45, 7) is 2.09. The molecule has 0 saturated carbocycles. The van der Waals surface area contributed by atoms with Crippen molar-refractivity contribution in [2.24, 2.45) is 0 Å². The highest BCUT2D eigenvalue weighted by atomic mass is 32.2. The number of ether oxygens (including phenoxy) is 1. The van der Waals surface area contributed by atoms with Crippen LogP contribution in [0.25, 0.3) is 11.1 Å². The lowest BCUT2D eigenvalue weighted by Crippen LogP contribution is -2.38. The smallest absolute Gasteiger partial charge is 0.407 e. The maximum Gasteiger partial charge on any atom is 0.407 e. The van der Waals surface area contributed by atoms with Gasteiger partial charge in [-0.1, -0.05) is 96.6 Å². The van der Waals surface area contributed by atoms with Crippen LogP contribution in [-0.4, -0.2) is 38.7 Å². The molecule has 1 amide bonds. The highest BCUT2D eigenvalue weighted by Gasteiger charge is 2.29. The fraction of sp³-hybridized carbons (Fsp3) is 0.257. The molecule has 0 spiro atoms. The van der Waals surface area contributed by atoms with Gasteiger partial charge in [0, 0.05) is 24.8 Å². The Morgan fingerprint density at radius 1 is 0.786 bits per heavy atom. The highest BCUT2D eigenvalue weighted by molar-refractivity contribution is 7.91. The summed E-state index contributed by atoms with van der Waals surface area (Å²) in [5.41, 5.74) is 6.59. The van der Waals surface area contributed by atoms with Crippen molar-refractivity contribution < 1.29 is 22.7 Å². The molecule has 0 fully saturated rings. The van der Waals surface area contributed by atoms with E-state index in [4.69, 9.17) is 4.74 Å². The second-order valence-corrected chi connectivity index (χ2v) is 12.9. The summed E-state index contributed by atoms with van der Waals surface area (Å²) in [5.74, 6) is -0.441. The van der Waals surface area contributed by atoms with Gasteiger partial charge < -0.3 is 10.1 Å². The van der Waals surface area contributed by atoms with Crippen molar-refractivity contribution in [1.82, 2.24) is 5.32 Å². The Bertz CT molecular complexity index is 1600. The average molecular weight is 582 g/mol. The molecule has 1 N–H and O–H groups in total. The Morgan fingerprint density at radius 3 is 2.02 bits per heavy atom. The molecule has 1 atom stereocenters. The number of alkyl carbamates (subject to hydrolysis) is 1. The van der Waals surface area contributed by atoms with Crippen LogP contribution in [0.15, 0.2) is 108 Å². The third-order valence-corrected chi connectivity index (χ3v) is 9.52. The molecule has 1 aliphatic rings. The van der Waals surface area contributed by atoms with Crippen molar-refractivity contribution in [3.8, 4) is 11.1 Å². The van der Waals surface area contributed by atoms with E-state index in [1.165, 1.54) is 0 Å². The van der Waals surface area contributed by atoms with Crippen LogP contribution in [0.2, 0.25) is 0 Å². The fourth-order valence-corrected chi connectivity index (χ4v) is 6.79. The molecule has 4 aromatic carbocycles. The molecule has 5 rings (SSSR count). The molecular weight excluding hydrogens is 546 g/mol. The first kappa shape index (κ1) is 29.3. The lowest BCUT2D eigenvalue weighted by Gasteiger charge is -2.20. The second kappa shape index (κ2) is 13.2. The van der Waals surface area contributed by atoms with Crippen molar-refractivity contribution >= 4 is 21.7 Å². The van der Waals surface area contributed by atoms with E-state index in [0.717, 1.165) is 33.4 Å². The molecule has 1 aliphatic carbocycles. The monoisotopic (exact) mass is 581 g/mol. The molecule has 0 aromatic heterocycles. The SMILES string of the molecule is Cc1ccc(S(=O)(=O)CCC(=O)CC[C@@H](Cc2ccccc2)NC(=O)OCC2c3ccccc3-c3ccccc32)cc1. The van der Waals surface area contributed by atoms with Gasteiger partial charge in [-0.2, -0.15) is 0 Å². The summed E-state index contributed by atoms with van der Waals surface area (Å²) in [6, 6.07) is 32.4. The lowest BCUT2D eigenvalue weighted by atomic mass is 9.98. The first-order chi connectivity index (χ1) is 20.3. The Labute approximate surface area is 247 Å². The van der Waals surface area contributed by atoms with Gasteiger partial charge in [0.25, 0.3) is 0 Å². The molecule has 0 saturated heterocycles. The largest absolute Gasteiger partial charge is 0.449 e. The number of ketones is 1. The van der Waals surface area contributed by atoms with Crippen LogP contribution in [0.4, 0.5) is 4.79 Å². The van der Waals surface area contributed by atoms with Crippen molar-refractivity contribution in [2.75, 3.05) is 12.4 Å². The van der Waals surface area contributed by atoms with Crippen LogP contribution in [-0.2, 0) is 25.8 Å². The highest BCUT2D eigenvalue weighted by Crippen LogP contribution is 2.44. The summed E-state index contributed by atoms with van der Waals surface area (Å²) in [4.78, 5) is 26.0. The zero-order valence-electron chi connectivity index (χ0n) is 23.7. The van der Waals surface area contributed by atoms with Gasteiger partial charge in [0.2, 0.25) is 0 Å². The molecule has 0 radical (unpaired) electrons. The summed E-state index contributed by atoms with van der Waals surface area (Å²) in [7, 11) is -3.55. The molecule has 0 unspecified atom stereocenters. The standard InChI is InChI=1S/C35H35NO5S/c1-25-15-19-29(20-16-25)42(39,40)22-21-28(37)18-17-27(23-26-9-3-2-4-10-26)36-35(38)41-24-34-32-13-7-5-11-30(32)31-12-6-8-14-33(31)34/h2-16,19-20,27,34H,17-18,21-24H2,1H3,(H,36,38)/t27-/m0/s1. The number of Topliss-reactive ketones (excluding diaryl/α,β-unsaturated/α-hetero) is 1. The Kier molecular flexibility index (Phi) is 9.18. The Hall–Kier alpha value is -4.23. The maximum atomic E-state index is 13.0. The minimum atomic E-state index is -3.55. The van der Waals surface area contributed by atoms with Crippen LogP contribution >= 0.6 is 0 Å². The summed E-state index contributed by atoms with van der Waals surface area (Å²) >= 11 is 0. The summed E-state index contributed by atoms with van der Waals surface area (Å²) in [5, 5.41) is 2.96. The van der Waals surface area contributed by atoms with Gasteiger partial charge in [-0.3, -0.25) is 4.79 Å². The second-order valence-electron chi connectivity index (χ2n) is 10.8. The predicted molar refractivity (Wildman–Crippen MR) is 164 cm³/mol. The van der Waals surface area contributed by atoms with Crippen LogP contribution in [0.3, 0.4) is 0 Å². The van der Waals surface area contributed by atoms with Gasteiger partial charge in [-0.15, -0.1) is 0 Å². The number of amides is 1. The van der Waals surface area contributed by atoms with E-state index >= 15 is 0 Å². The van der Waals surface area contributed by atoms with Gasteiger partial charge in [0.1, 0.15) is 12.4 Å². The van der Waals surface area contributed by atoms with Gasteiger partial charge >= 0.3 is 6.09 Å². The molecule has 0 aliphatic heterocycles. The predicted octanol–water partition coefficient (Wildman–Crippen LogP) is 6.66. The number of sulfone groups is 1. The topological polar surface area (TPSA) is 89.5 Å². The number of nitrogens with one attached hydrogen (secondary N) is 1.